The fourth-order valence-electron chi connectivity index (χ4n) is 3.94. The van der Waals surface area contributed by atoms with Gasteiger partial charge in [0.25, 0.3) is 0 Å². The number of rotatable bonds is 7. The van der Waals surface area contributed by atoms with Gasteiger partial charge in [-0.25, -0.2) is 22.8 Å². The number of methoxy groups -OCH3 is 3. The first-order valence-electron chi connectivity index (χ1n) is 10.2. The molecule has 8 nitrogen and oxygen atoms in total. The first-order valence-corrected chi connectivity index (χ1v) is 11.7. The van der Waals surface area contributed by atoms with E-state index in [4.69, 9.17) is 14.2 Å². The number of hydrogen-bond donors (Lipinski definition) is 0. The Labute approximate surface area is 192 Å². The Morgan fingerprint density at radius 2 is 1.67 bits per heavy atom. The molecule has 0 bridgehead atoms. The van der Waals surface area contributed by atoms with E-state index in [-0.39, 0.29) is 18.9 Å². The van der Waals surface area contributed by atoms with Crippen molar-refractivity contribution in [2.75, 3.05) is 21.3 Å². The van der Waals surface area contributed by atoms with Crippen molar-refractivity contribution in [3.63, 3.8) is 0 Å². The number of hydrogen-bond acceptors (Lipinski definition) is 7. The Balaban J connectivity index is 1.80. The van der Waals surface area contributed by atoms with Crippen LogP contribution in [0, 0.1) is 5.82 Å². The predicted octanol–water partition coefficient (Wildman–Crippen LogP) is 3.41. The molecule has 0 saturated carbocycles. The number of ether oxygens (including phenoxy) is 3. The maximum absolute atomic E-state index is 13.9. The topological polar surface area (TPSA) is 90.8 Å². The van der Waals surface area contributed by atoms with Crippen molar-refractivity contribution >= 4 is 10.0 Å². The van der Waals surface area contributed by atoms with Gasteiger partial charge in [-0.15, -0.1) is 0 Å². The standard InChI is InChI=1S/C23H24FN3O5S/c1-30-18-7-4-15(5-8-18)13-27-14-16-6-9-19(31-2)10-20(16)22(33(27,28)29)21(32-3)23-25-11-17(24)12-26-23/h4-12,21-22H,13-14H2,1-3H3/t21-,22-/m0/s1. The third-order valence-corrected chi connectivity index (χ3v) is 7.75. The first-order chi connectivity index (χ1) is 15.9. The second-order valence-electron chi connectivity index (χ2n) is 7.56. The van der Waals surface area contributed by atoms with Crippen LogP contribution in [0.4, 0.5) is 4.39 Å². The molecule has 0 aliphatic carbocycles. The van der Waals surface area contributed by atoms with Gasteiger partial charge in [-0.3, -0.25) is 0 Å². The van der Waals surface area contributed by atoms with E-state index in [9.17, 15) is 12.8 Å². The Hall–Kier alpha value is -3.08. The number of fused-ring (bicyclic) bond motifs is 1. The van der Waals surface area contributed by atoms with Crippen LogP contribution >= 0.6 is 0 Å². The summed E-state index contributed by atoms with van der Waals surface area (Å²) in [5.41, 5.74) is 2.16. The zero-order chi connectivity index (χ0) is 23.6. The minimum Gasteiger partial charge on any atom is -0.497 e. The molecule has 0 radical (unpaired) electrons. The van der Waals surface area contributed by atoms with Crippen molar-refractivity contribution in [1.29, 1.82) is 0 Å². The van der Waals surface area contributed by atoms with Gasteiger partial charge in [-0.05, 0) is 41.0 Å². The summed E-state index contributed by atoms with van der Waals surface area (Å²) < 4.78 is 58.7. The second-order valence-corrected chi connectivity index (χ2v) is 9.62. The largest absolute Gasteiger partial charge is 0.497 e. The quantitative estimate of drug-likeness (QED) is 0.519. The molecule has 1 aliphatic rings. The zero-order valence-corrected chi connectivity index (χ0v) is 19.3. The van der Waals surface area contributed by atoms with Crippen LogP contribution in [0.25, 0.3) is 0 Å². The lowest BCUT2D eigenvalue weighted by atomic mass is 9.99. The van der Waals surface area contributed by atoms with Gasteiger partial charge in [0.05, 0.1) is 26.6 Å². The molecule has 0 amide bonds. The van der Waals surface area contributed by atoms with Crippen molar-refractivity contribution in [3.05, 3.63) is 83.2 Å². The molecule has 2 heterocycles. The van der Waals surface area contributed by atoms with Crippen LogP contribution in [0.5, 0.6) is 11.5 Å². The van der Waals surface area contributed by atoms with Gasteiger partial charge in [0.15, 0.2) is 11.6 Å². The summed E-state index contributed by atoms with van der Waals surface area (Å²) in [6, 6.07) is 12.5. The van der Waals surface area contributed by atoms with Gasteiger partial charge >= 0.3 is 0 Å². The third kappa shape index (κ3) is 4.54. The second kappa shape index (κ2) is 9.42. The van der Waals surface area contributed by atoms with E-state index in [1.54, 1.807) is 31.4 Å². The highest BCUT2D eigenvalue weighted by atomic mass is 32.2. The molecule has 0 saturated heterocycles. The summed E-state index contributed by atoms with van der Waals surface area (Å²) in [7, 11) is 0.532. The van der Waals surface area contributed by atoms with E-state index in [0.717, 1.165) is 23.5 Å². The van der Waals surface area contributed by atoms with Crippen LogP contribution in [-0.2, 0) is 27.8 Å². The smallest absolute Gasteiger partial charge is 0.224 e. The molecular formula is C23H24FN3O5S. The fourth-order valence-corrected chi connectivity index (χ4v) is 6.00. The molecule has 0 unspecified atom stereocenters. The summed E-state index contributed by atoms with van der Waals surface area (Å²) in [5.74, 6) is 0.659. The number of nitrogens with zero attached hydrogens (tertiary/aromatic N) is 3. The van der Waals surface area contributed by atoms with Crippen LogP contribution in [0.15, 0.2) is 54.9 Å². The van der Waals surface area contributed by atoms with E-state index in [2.05, 4.69) is 9.97 Å². The molecule has 10 heteroatoms. The molecular weight excluding hydrogens is 449 g/mol. The third-order valence-electron chi connectivity index (χ3n) is 5.63. The molecule has 2 atom stereocenters. The summed E-state index contributed by atoms with van der Waals surface area (Å²) in [5, 5.41) is -1.15. The van der Waals surface area contributed by atoms with Crippen molar-refractivity contribution in [3.8, 4) is 11.5 Å². The normalized spacial score (nSPS) is 18.4. The van der Waals surface area contributed by atoms with Gasteiger partial charge in [-0.1, -0.05) is 18.2 Å². The van der Waals surface area contributed by atoms with Gasteiger partial charge < -0.3 is 14.2 Å². The lowest BCUT2D eigenvalue weighted by Crippen LogP contribution is -2.41. The number of sulfonamides is 1. The van der Waals surface area contributed by atoms with E-state index < -0.39 is 27.2 Å². The summed E-state index contributed by atoms with van der Waals surface area (Å²) in [6.07, 6.45) is 0.928. The highest BCUT2D eigenvalue weighted by Crippen LogP contribution is 2.45. The Bertz CT molecular complexity index is 1220. The van der Waals surface area contributed by atoms with Gasteiger partial charge in [0.1, 0.15) is 22.9 Å². The minimum absolute atomic E-state index is 0.0764. The van der Waals surface area contributed by atoms with Crippen molar-refractivity contribution < 1.29 is 27.0 Å². The van der Waals surface area contributed by atoms with Crippen molar-refractivity contribution in [2.24, 2.45) is 0 Å². The SMILES string of the molecule is COc1ccc(CN2Cc3ccc(OC)cc3[C@@H]([C@H](OC)c3ncc(F)cn3)S2(=O)=O)cc1. The van der Waals surface area contributed by atoms with Gasteiger partial charge in [0, 0.05) is 20.2 Å². The summed E-state index contributed by atoms with van der Waals surface area (Å²) in [4.78, 5) is 7.99. The molecule has 174 valence electrons. The Kier molecular flexibility index (Phi) is 6.59. The number of aromatic nitrogens is 2. The van der Waals surface area contributed by atoms with Crippen LogP contribution in [-0.4, -0.2) is 44.0 Å². The molecule has 33 heavy (non-hydrogen) atoms. The number of benzene rings is 2. The molecule has 1 aliphatic heterocycles. The molecule has 1 aromatic heterocycles. The monoisotopic (exact) mass is 473 g/mol. The summed E-state index contributed by atoms with van der Waals surface area (Å²) >= 11 is 0. The molecule has 2 aromatic carbocycles. The van der Waals surface area contributed by atoms with Crippen LogP contribution in [0.2, 0.25) is 0 Å². The predicted molar refractivity (Wildman–Crippen MR) is 119 cm³/mol. The summed E-state index contributed by atoms with van der Waals surface area (Å²) in [6.45, 7) is 0.347. The Morgan fingerprint density at radius 3 is 2.27 bits per heavy atom. The number of halogens is 1. The fraction of sp³-hybridized carbons (Fsp3) is 0.304. The Morgan fingerprint density at radius 1 is 1.03 bits per heavy atom. The maximum atomic E-state index is 13.9. The zero-order valence-electron chi connectivity index (χ0n) is 18.4. The lowest BCUT2D eigenvalue weighted by Gasteiger charge is -2.37. The molecule has 0 spiro atoms. The highest BCUT2D eigenvalue weighted by molar-refractivity contribution is 7.89. The minimum atomic E-state index is -3.94. The first kappa shape index (κ1) is 23.1. The van der Waals surface area contributed by atoms with E-state index in [1.807, 2.05) is 18.2 Å². The van der Waals surface area contributed by atoms with E-state index in [1.165, 1.54) is 18.5 Å². The van der Waals surface area contributed by atoms with Crippen molar-refractivity contribution in [2.45, 2.75) is 24.4 Å². The van der Waals surface area contributed by atoms with E-state index >= 15 is 0 Å². The van der Waals surface area contributed by atoms with Crippen molar-refractivity contribution in [1.82, 2.24) is 14.3 Å². The molecule has 0 fully saturated rings. The maximum Gasteiger partial charge on any atom is 0.224 e. The average molecular weight is 474 g/mol. The van der Waals surface area contributed by atoms with Crippen LogP contribution < -0.4 is 9.47 Å². The molecule has 0 N–H and O–H groups in total. The molecule has 3 aromatic rings. The lowest BCUT2D eigenvalue weighted by molar-refractivity contribution is 0.0871. The van der Waals surface area contributed by atoms with Crippen LogP contribution in [0.1, 0.15) is 33.9 Å². The van der Waals surface area contributed by atoms with Gasteiger partial charge in [-0.2, -0.15) is 4.31 Å². The highest BCUT2D eigenvalue weighted by Gasteiger charge is 2.46. The average Bonchev–Trinajstić information content (AvgIpc) is 2.83. The van der Waals surface area contributed by atoms with Gasteiger partial charge in [0.2, 0.25) is 10.0 Å². The molecule has 4 rings (SSSR count). The van der Waals surface area contributed by atoms with E-state index in [0.29, 0.717) is 17.1 Å². The van der Waals surface area contributed by atoms with Crippen LogP contribution in [0.3, 0.4) is 0 Å².